The predicted octanol–water partition coefficient (Wildman–Crippen LogP) is 3.10. The van der Waals surface area contributed by atoms with Crippen molar-refractivity contribution in [3.8, 4) is 34.4 Å². The number of anilines is 1. The molecule has 1 N–H and O–H groups in total. The van der Waals surface area contributed by atoms with Crippen LogP contribution in [-0.4, -0.2) is 43.6 Å². The van der Waals surface area contributed by atoms with Crippen molar-refractivity contribution in [2.75, 3.05) is 33.4 Å². The number of fused-ring (bicyclic) bond motifs is 2. The van der Waals surface area contributed by atoms with Gasteiger partial charge >= 0.3 is 0 Å². The summed E-state index contributed by atoms with van der Waals surface area (Å²) in [6, 6.07) is 9.47. The van der Waals surface area contributed by atoms with E-state index in [2.05, 4.69) is 10.3 Å². The number of imidazole rings is 1. The van der Waals surface area contributed by atoms with Crippen LogP contribution in [0.2, 0.25) is 0 Å². The molecule has 0 unspecified atom stereocenters. The van der Waals surface area contributed by atoms with Crippen LogP contribution in [0.15, 0.2) is 36.7 Å². The first kappa shape index (κ1) is 19.1. The molecular formula is C22H21N3O6. The maximum absolute atomic E-state index is 12.5. The summed E-state index contributed by atoms with van der Waals surface area (Å²) in [6.07, 6.45) is 1.91. The molecule has 0 spiro atoms. The molecule has 0 bridgehead atoms. The van der Waals surface area contributed by atoms with E-state index in [9.17, 15) is 4.79 Å². The molecule has 0 fully saturated rings. The third-order valence-corrected chi connectivity index (χ3v) is 5.52. The lowest BCUT2D eigenvalue weighted by Gasteiger charge is -2.26. The Morgan fingerprint density at radius 1 is 1.06 bits per heavy atom. The van der Waals surface area contributed by atoms with Gasteiger partial charge in [0.05, 0.1) is 27.0 Å². The molecular weight excluding hydrogens is 402 g/mol. The molecule has 0 radical (unpaired) electrons. The number of nitrogens with one attached hydrogen (secondary N) is 1. The fraction of sp³-hybridized carbons (Fsp3) is 0.273. The Kier molecular flexibility index (Phi) is 4.58. The predicted molar refractivity (Wildman–Crippen MR) is 111 cm³/mol. The highest BCUT2D eigenvalue weighted by Gasteiger charge is 2.37. The summed E-state index contributed by atoms with van der Waals surface area (Å²) >= 11 is 0. The summed E-state index contributed by atoms with van der Waals surface area (Å²) in [4.78, 5) is 17.0. The number of aromatic nitrogens is 2. The van der Waals surface area contributed by atoms with Crippen molar-refractivity contribution in [2.24, 2.45) is 0 Å². The Hall–Kier alpha value is -3.88. The molecule has 2 aromatic carbocycles. The van der Waals surface area contributed by atoms with Crippen LogP contribution in [0.25, 0.3) is 5.69 Å². The first-order valence-electron chi connectivity index (χ1n) is 9.70. The quantitative estimate of drug-likeness (QED) is 0.674. The van der Waals surface area contributed by atoms with E-state index in [4.69, 9.17) is 23.7 Å². The zero-order valence-electron chi connectivity index (χ0n) is 17.3. The number of amides is 1. The molecule has 3 heterocycles. The molecule has 0 saturated heterocycles. The lowest BCUT2D eigenvalue weighted by Crippen LogP contribution is -2.25. The van der Waals surface area contributed by atoms with E-state index in [1.807, 2.05) is 34.9 Å². The van der Waals surface area contributed by atoms with Crippen LogP contribution in [0, 0.1) is 0 Å². The number of carbonyl (C=O) groups is 1. The van der Waals surface area contributed by atoms with Gasteiger partial charge in [-0.05, 0) is 30.3 Å². The van der Waals surface area contributed by atoms with Gasteiger partial charge in [-0.2, -0.15) is 0 Å². The van der Waals surface area contributed by atoms with E-state index in [-0.39, 0.29) is 25.0 Å². The highest BCUT2D eigenvalue weighted by atomic mass is 16.7. The number of rotatable bonds is 5. The Bertz CT molecular complexity index is 1160. The van der Waals surface area contributed by atoms with Crippen molar-refractivity contribution in [3.05, 3.63) is 47.9 Å². The Morgan fingerprint density at radius 3 is 2.55 bits per heavy atom. The summed E-state index contributed by atoms with van der Waals surface area (Å²) in [5.74, 6) is 2.79. The summed E-state index contributed by atoms with van der Waals surface area (Å²) in [5, 5.41) is 2.87. The summed E-state index contributed by atoms with van der Waals surface area (Å²) in [6.45, 7) is 0.0751. The van der Waals surface area contributed by atoms with Crippen molar-refractivity contribution in [1.82, 2.24) is 9.55 Å². The van der Waals surface area contributed by atoms with Crippen molar-refractivity contribution < 1.29 is 28.5 Å². The molecule has 9 heteroatoms. The zero-order valence-corrected chi connectivity index (χ0v) is 17.3. The molecule has 9 nitrogen and oxygen atoms in total. The van der Waals surface area contributed by atoms with Gasteiger partial charge in [0, 0.05) is 23.6 Å². The highest BCUT2D eigenvalue weighted by Crippen LogP contribution is 2.53. The molecule has 31 heavy (non-hydrogen) atoms. The van der Waals surface area contributed by atoms with Crippen LogP contribution < -0.4 is 29.0 Å². The fourth-order valence-electron chi connectivity index (χ4n) is 4.11. The van der Waals surface area contributed by atoms with Gasteiger partial charge in [0.25, 0.3) is 0 Å². The van der Waals surface area contributed by atoms with Gasteiger partial charge < -0.3 is 33.6 Å². The van der Waals surface area contributed by atoms with E-state index in [1.54, 1.807) is 27.7 Å². The molecule has 5 rings (SSSR count). The monoisotopic (exact) mass is 423 g/mol. The van der Waals surface area contributed by atoms with Gasteiger partial charge in [-0.15, -0.1) is 0 Å². The van der Waals surface area contributed by atoms with E-state index in [0.29, 0.717) is 28.8 Å². The van der Waals surface area contributed by atoms with Gasteiger partial charge in [0.1, 0.15) is 12.1 Å². The summed E-state index contributed by atoms with van der Waals surface area (Å²) < 4.78 is 29.7. The second kappa shape index (κ2) is 7.42. The van der Waals surface area contributed by atoms with E-state index in [1.165, 1.54) is 0 Å². The number of hydrogen-bond acceptors (Lipinski definition) is 7. The highest BCUT2D eigenvalue weighted by molar-refractivity contribution is 5.94. The van der Waals surface area contributed by atoms with Crippen LogP contribution in [0.4, 0.5) is 5.82 Å². The second-order valence-corrected chi connectivity index (χ2v) is 7.12. The molecule has 0 aliphatic carbocycles. The number of methoxy groups -OCH3 is 3. The average Bonchev–Trinajstić information content (AvgIpc) is 3.45. The lowest BCUT2D eigenvalue weighted by molar-refractivity contribution is -0.116. The molecule has 1 amide bonds. The minimum Gasteiger partial charge on any atom is -0.497 e. The van der Waals surface area contributed by atoms with Crippen LogP contribution in [0.5, 0.6) is 28.7 Å². The number of hydrogen-bond donors (Lipinski definition) is 1. The molecule has 2 aliphatic heterocycles. The summed E-state index contributed by atoms with van der Waals surface area (Å²) in [7, 11) is 4.75. The maximum atomic E-state index is 12.5. The zero-order chi connectivity index (χ0) is 21.5. The molecule has 2 aliphatic rings. The number of carbonyl (C=O) groups excluding carboxylic acids is 1. The smallest absolute Gasteiger partial charge is 0.231 e. The number of ether oxygens (including phenoxy) is 5. The normalized spacial score (nSPS) is 16.5. The third kappa shape index (κ3) is 3.00. The first-order valence-corrected chi connectivity index (χ1v) is 9.70. The maximum Gasteiger partial charge on any atom is 0.231 e. The van der Waals surface area contributed by atoms with Crippen molar-refractivity contribution in [2.45, 2.75) is 12.3 Å². The van der Waals surface area contributed by atoms with Gasteiger partial charge in [-0.25, -0.2) is 4.98 Å². The van der Waals surface area contributed by atoms with Gasteiger partial charge in [0.15, 0.2) is 17.3 Å². The van der Waals surface area contributed by atoms with Gasteiger partial charge in [0.2, 0.25) is 24.2 Å². The Balaban J connectivity index is 1.69. The Labute approximate surface area is 178 Å². The molecule has 1 atom stereocenters. The summed E-state index contributed by atoms with van der Waals surface area (Å²) in [5.41, 5.74) is 2.49. The lowest BCUT2D eigenvalue weighted by atomic mass is 9.88. The minimum absolute atomic E-state index is 0.0751. The topological polar surface area (TPSA) is 93.1 Å². The number of nitrogens with zero attached hydrogens (tertiary/aromatic N) is 2. The third-order valence-electron chi connectivity index (χ3n) is 5.52. The molecule has 3 aromatic rings. The number of benzene rings is 2. The van der Waals surface area contributed by atoms with E-state index < -0.39 is 0 Å². The van der Waals surface area contributed by atoms with Gasteiger partial charge in [-0.3, -0.25) is 4.79 Å². The fourth-order valence-corrected chi connectivity index (χ4v) is 4.11. The van der Waals surface area contributed by atoms with Crippen LogP contribution in [0.1, 0.15) is 23.6 Å². The largest absolute Gasteiger partial charge is 0.497 e. The van der Waals surface area contributed by atoms with Crippen LogP contribution >= 0.6 is 0 Å². The van der Waals surface area contributed by atoms with Crippen LogP contribution in [0.3, 0.4) is 0 Å². The van der Waals surface area contributed by atoms with E-state index in [0.717, 1.165) is 22.7 Å². The molecule has 0 saturated carbocycles. The molecule has 1 aromatic heterocycles. The van der Waals surface area contributed by atoms with Crippen LogP contribution in [-0.2, 0) is 4.79 Å². The Morgan fingerprint density at radius 2 is 1.84 bits per heavy atom. The first-order chi connectivity index (χ1) is 15.1. The van der Waals surface area contributed by atoms with Crippen molar-refractivity contribution in [3.63, 3.8) is 0 Å². The van der Waals surface area contributed by atoms with E-state index >= 15 is 0 Å². The molecule has 160 valence electrons. The SMILES string of the molecule is COc1ccc(-n2cnc3c2[C@H](c2cc(OC)c4c(c2OC)OCO4)CC(=O)N3)cc1. The minimum atomic E-state index is -0.341. The average molecular weight is 423 g/mol. The second-order valence-electron chi connectivity index (χ2n) is 7.12. The van der Waals surface area contributed by atoms with Gasteiger partial charge in [-0.1, -0.05) is 0 Å². The van der Waals surface area contributed by atoms with Crippen molar-refractivity contribution in [1.29, 1.82) is 0 Å². The van der Waals surface area contributed by atoms with Crippen molar-refractivity contribution >= 4 is 11.7 Å². The standard InChI is InChI=1S/C22H21N3O6/c1-27-13-6-4-12(5-7-13)25-10-23-22-18(25)14(9-17(26)24-22)15-8-16(28-2)20-21(19(15)29-3)31-11-30-20/h4-8,10,14H,9,11H2,1-3H3,(H,24,26)/t14-/m0/s1.